The zero-order valence-corrected chi connectivity index (χ0v) is 14.0. The monoisotopic (exact) mass is 331 g/mol. The topological polar surface area (TPSA) is 60.1 Å². The highest BCUT2D eigenvalue weighted by Gasteiger charge is 2.11. The molecule has 0 saturated carbocycles. The van der Waals surface area contributed by atoms with Crippen molar-refractivity contribution >= 4 is 22.7 Å². The Bertz CT molecular complexity index is 1060. The molecule has 1 N–H and O–H groups in total. The molecule has 4 rings (SSSR count). The van der Waals surface area contributed by atoms with Crippen LogP contribution in [0.2, 0.25) is 0 Å². The lowest BCUT2D eigenvalue weighted by Crippen LogP contribution is -2.12. The van der Waals surface area contributed by atoms with Gasteiger partial charge in [0.15, 0.2) is 11.5 Å². The van der Waals surface area contributed by atoms with Crippen LogP contribution in [0.5, 0.6) is 0 Å². The lowest BCUT2D eigenvalue weighted by molar-refractivity contribution is 0.102. The summed E-state index contributed by atoms with van der Waals surface area (Å²) in [6, 6.07) is 15.0. The summed E-state index contributed by atoms with van der Waals surface area (Å²) in [4.78, 5) is 16.9. The maximum atomic E-state index is 12.6. The molecule has 0 aliphatic heterocycles. The van der Waals surface area contributed by atoms with Crippen LogP contribution in [-0.4, -0.2) is 15.5 Å². The van der Waals surface area contributed by atoms with E-state index in [9.17, 15) is 4.79 Å². The fourth-order valence-electron chi connectivity index (χ4n) is 2.85. The summed E-state index contributed by atoms with van der Waals surface area (Å²) in [5.74, 6) is 0.446. The van der Waals surface area contributed by atoms with Crippen LogP contribution in [0.4, 0.5) is 5.69 Å². The number of nitrogens with one attached hydrogen (secondary N) is 1. The number of fused-ring (bicyclic) bond motifs is 1. The third kappa shape index (κ3) is 2.92. The number of rotatable bonds is 3. The van der Waals surface area contributed by atoms with Crippen molar-refractivity contribution in [3.05, 3.63) is 77.9 Å². The molecule has 25 heavy (non-hydrogen) atoms. The molecule has 0 atom stereocenters. The molecule has 5 heteroatoms. The fourth-order valence-corrected chi connectivity index (χ4v) is 2.85. The van der Waals surface area contributed by atoms with Crippen molar-refractivity contribution in [1.29, 1.82) is 0 Å². The van der Waals surface area contributed by atoms with Gasteiger partial charge in [0.2, 0.25) is 0 Å². The van der Waals surface area contributed by atoms with Crippen LogP contribution in [-0.2, 0) is 0 Å². The van der Waals surface area contributed by atoms with E-state index in [-0.39, 0.29) is 5.91 Å². The van der Waals surface area contributed by atoms with Crippen LogP contribution in [0.25, 0.3) is 16.8 Å². The highest BCUT2D eigenvalue weighted by atomic mass is 16.3. The number of amides is 1. The van der Waals surface area contributed by atoms with Crippen molar-refractivity contribution in [2.75, 3.05) is 5.32 Å². The third-order valence-corrected chi connectivity index (χ3v) is 4.11. The second kappa shape index (κ2) is 5.94. The molecular formula is C20H17N3O2. The second-order valence-corrected chi connectivity index (χ2v) is 5.96. The number of aromatic nitrogens is 2. The zero-order valence-electron chi connectivity index (χ0n) is 14.0. The quantitative estimate of drug-likeness (QED) is 0.602. The molecule has 0 aliphatic carbocycles. The number of carbonyl (C=O) groups excluding carboxylic acids is 1. The van der Waals surface area contributed by atoms with Crippen molar-refractivity contribution in [1.82, 2.24) is 9.55 Å². The Labute approximate surface area is 144 Å². The normalized spacial score (nSPS) is 11.0. The molecule has 0 bridgehead atoms. The summed E-state index contributed by atoms with van der Waals surface area (Å²) in [7, 11) is 0. The van der Waals surface area contributed by atoms with Gasteiger partial charge in [-0.1, -0.05) is 6.07 Å². The summed E-state index contributed by atoms with van der Waals surface area (Å²) in [6.07, 6.45) is 3.93. The van der Waals surface area contributed by atoms with Crippen molar-refractivity contribution in [3.8, 4) is 5.69 Å². The highest BCUT2D eigenvalue weighted by molar-refractivity contribution is 6.05. The number of benzene rings is 2. The lowest BCUT2D eigenvalue weighted by Gasteiger charge is -2.10. The van der Waals surface area contributed by atoms with Gasteiger partial charge in [-0.25, -0.2) is 4.98 Å². The highest BCUT2D eigenvalue weighted by Crippen LogP contribution is 2.21. The van der Waals surface area contributed by atoms with Gasteiger partial charge in [0.05, 0.1) is 0 Å². The van der Waals surface area contributed by atoms with Gasteiger partial charge in [-0.15, -0.1) is 0 Å². The lowest BCUT2D eigenvalue weighted by atomic mass is 10.1. The first-order valence-electron chi connectivity index (χ1n) is 8.03. The fraction of sp³-hybridized carbons (Fsp3) is 0.100. The Morgan fingerprint density at radius 3 is 2.68 bits per heavy atom. The van der Waals surface area contributed by atoms with Gasteiger partial charge in [0.1, 0.15) is 5.52 Å². The van der Waals surface area contributed by atoms with Crippen molar-refractivity contribution in [2.24, 2.45) is 0 Å². The van der Waals surface area contributed by atoms with Gasteiger partial charge in [-0.3, -0.25) is 4.79 Å². The van der Waals surface area contributed by atoms with E-state index in [2.05, 4.69) is 10.3 Å². The van der Waals surface area contributed by atoms with Crippen molar-refractivity contribution in [3.63, 3.8) is 0 Å². The van der Waals surface area contributed by atoms with E-state index < -0.39 is 0 Å². The van der Waals surface area contributed by atoms with Crippen molar-refractivity contribution in [2.45, 2.75) is 13.8 Å². The van der Waals surface area contributed by atoms with Gasteiger partial charge in [0.25, 0.3) is 5.91 Å². The standard InChI is InChI=1S/C20H17N3O2/c1-13-5-6-15(11-18(13)23-9-3-4-10-23)20(24)22-16-7-8-19-17(12-16)21-14(2)25-19/h3-12H,1-2H3,(H,22,24). The van der Waals surface area contributed by atoms with Crippen LogP contribution in [0, 0.1) is 13.8 Å². The first kappa shape index (κ1) is 15.2. The summed E-state index contributed by atoms with van der Waals surface area (Å²) in [5.41, 5.74) is 4.82. The van der Waals surface area contributed by atoms with Gasteiger partial charge in [-0.2, -0.15) is 0 Å². The van der Waals surface area contributed by atoms with Crippen LogP contribution in [0.15, 0.2) is 65.3 Å². The van der Waals surface area contributed by atoms with E-state index in [1.165, 1.54) is 0 Å². The number of hydrogen-bond acceptors (Lipinski definition) is 3. The average Bonchev–Trinajstić information content (AvgIpc) is 3.23. The van der Waals surface area contributed by atoms with Crippen LogP contribution >= 0.6 is 0 Å². The predicted molar refractivity (Wildman–Crippen MR) is 97.2 cm³/mol. The number of aryl methyl sites for hydroxylation is 2. The summed E-state index contributed by atoms with van der Waals surface area (Å²) < 4.78 is 7.45. The van der Waals surface area contributed by atoms with E-state index in [4.69, 9.17) is 4.42 Å². The average molecular weight is 331 g/mol. The zero-order chi connectivity index (χ0) is 17.4. The number of hydrogen-bond donors (Lipinski definition) is 1. The smallest absolute Gasteiger partial charge is 0.255 e. The molecule has 5 nitrogen and oxygen atoms in total. The van der Waals surface area contributed by atoms with Crippen LogP contribution < -0.4 is 5.32 Å². The van der Waals surface area contributed by atoms with E-state index in [1.807, 2.05) is 72.4 Å². The Hall–Kier alpha value is -3.34. The summed E-state index contributed by atoms with van der Waals surface area (Å²) >= 11 is 0. The number of anilines is 1. The largest absolute Gasteiger partial charge is 0.441 e. The van der Waals surface area contributed by atoms with E-state index >= 15 is 0 Å². The molecule has 124 valence electrons. The second-order valence-electron chi connectivity index (χ2n) is 5.96. The minimum atomic E-state index is -0.159. The molecule has 4 aromatic rings. The third-order valence-electron chi connectivity index (χ3n) is 4.11. The van der Waals surface area contributed by atoms with Crippen LogP contribution in [0.3, 0.4) is 0 Å². The minimum Gasteiger partial charge on any atom is -0.441 e. The Morgan fingerprint density at radius 1 is 1.08 bits per heavy atom. The van der Waals surface area contributed by atoms with E-state index in [0.717, 1.165) is 16.8 Å². The summed E-state index contributed by atoms with van der Waals surface area (Å²) in [6.45, 7) is 3.82. The van der Waals surface area contributed by atoms with Gasteiger partial charge >= 0.3 is 0 Å². The molecule has 0 unspecified atom stereocenters. The van der Waals surface area contributed by atoms with Gasteiger partial charge in [0, 0.05) is 36.3 Å². The molecule has 2 heterocycles. The van der Waals surface area contributed by atoms with Gasteiger partial charge in [-0.05, 0) is 55.0 Å². The molecule has 0 fully saturated rings. The molecule has 0 radical (unpaired) electrons. The molecule has 2 aromatic heterocycles. The number of carbonyl (C=O) groups is 1. The summed E-state index contributed by atoms with van der Waals surface area (Å²) in [5, 5.41) is 2.92. The Morgan fingerprint density at radius 2 is 1.88 bits per heavy atom. The van der Waals surface area contributed by atoms with Crippen LogP contribution in [0.1, 0.15) is 21.8 Å². The van der Waals surface area contributed by atoms with Gasteiger partial charge < -0.3 is 14.3 Å². The Kier molecular flexibility index (Phi) is 3.61. The predicted octanol–water partition coefficient (Wildman–Crippen LogP) is 4.49. The molecule has 2 aromatic carbocycles. The SMILES string of the molecule is Cc1nc2cc(NC(=O)c3ccc(C)c(-n4cccc4)c3)ccc2o1. The maximum Gasteiger partial charge on any atom is 0.255 e. The Balaban J connectivity index is 1.63. The number of oxazole rings is 1. The minimum absolute atomic E-state index is 0.159. The van der Waals surface area contributed by atoms with E-state index in [0.29, 0.717) is 22.7 Å². The molecule has 0 aliphatic rings. The molecule has 0 saturated heterocycles. The first-order chi connectivity index (χ1) is 12.1. The molecule has 1 amide bonds. The first-order valence-corrected chi connectivity index (χ1v) is 8.03. The van der Waals surface area contributed by atoms with Crippen molar-refractivity contribution < 1.29 is 9.21 Å². The molecular weight excluding hydrogens is 314 g/mol. The maximum absolute atomic E-state index is 12.6. The van der Waals surface area contributed by atoms with E-state index in [1.54, 1.807) is 6.92 Å². The molecule has 0 spiro atoms. The number of nitrogens with zero attached hydrogens (tertiary/aromatic N) is 2.